The second-order valence-electron chi connectivity index (χ2n) is 6.32. The fourth-order valence-electron chi connectivity index (χ4n) is 2.66. The van der Waals surface area contributed by atoms with Crippen LogP contribution >= 0.6 is 0 Å². The zero-order chi connectivity index (χ0) is 17.9. The maximum absolute atomic E-state index is 12.1. The molecule has 1 aliphatic heterocycles. The molecule has 6 nitrogen and oxygen atoms in total. The van der Waals surface area contributed by atoms with Gasteiger partial charge < -0.3 is 9.64 Å². The van der Waals surface area contributed by atoms with Gasteiger partial charge in [0.05, 0.1) is 17.9 Å². The molecule has 0 unspecified atom stereocenters. The van der Waals surface area contributed by atoms with Crippen LogP contribution in [0.25, 0.3) is 0 Å². The van der Waals surface area contributed by atoms with Gasteiger partial charge in [0.1, 0.15) is 0 Å². The molecule has 1 aliphatic rings. The van der Waals surface area contributed by atoms with Crippen LogP contribution in [-0.4, -0.2) is 56.4 Å². The fourth-order valence-corrected chi connectivity index (χ4v) is 4.43. The molecule has 1 saturated heterocycles. The SMILES string of the molecule is Cc1ccc(CC(=O)OCC(=O)N(C)[C@H]2CCS(=O)(=O)C2)cc1C. The third-order valence-corrected chi connectivity index (χ3v) is 6.18. The van der Waals surface area contributed by atoms with Crippen LogP contribution in [0.4, 0.5) is 0 Å². The normalized spacial score (nSPS) is 19.0. The molecule has 0 spiro atoms. The average molecular weight is 353 g/mol. The summed E-state index contributed by atoms with van der Waals surface area (Å²) in [5, 5.41) is 0. The largest absolute Gasteiger partial charge is 0.455 e. The van der Waals surface area contributed by atoms with Crippen molar-refractivity contribution in [3.05, 3.63) is 34.9 Å². The lowest BCUT2D eigenvalue weighted by Gasteiger charge is -2.23. The standard InChI is InChI=1S/C17H23NO5S/c1-12-4-5-14(8-13(12)2)9-17(20)23-10-16(19)18(3)15-6-7-24(21,22)11-15/h4-5,8,15H,6-7,9-11H2,1-3H3/t15-/m0/s1. The number of esters is 1. The molecule has 0 bridgehead atoms. The lowest BCUT2D eigenvalue weighted by atomic mass is 10.0. The predicted molar refractivity (Wildman–Crippen MR) is 90.4 cm³/mol. The zero-order valence-corrected chi connectivity index (χ0v) is 15.1. The van der Waals surface area contributed by atoms with E-state index in [0.717, 1.165) is 16.7 Å². The van der Waals surface area contributed by atoms with Crippen molar-refractivity contribution in [2.45, 2.75) is 32.7 Å². The van der Waals surface area contributed by atoms with Crippen molar-refractivity contribution in [1.82, 2.24) is 4.90 Å². The molecule has 0 saturated carbocycles. The molecule has 24 heavy (non-hydrogen) atoms. The van der Waals surface area contributed by atoms with Crippen LogP contribution in [-0.2, 0) is 30.6 Å². The van der Waals surface area contributed by atoms with Crippen molar-refractivity contribution >= 4 is 21.7 Å². The average Bonchev–Trinajstić information content (AvgIpc) is 2.88. The molecule has 132 valence electrons. The van der Waals surface area contributed by atoms with Crippen molar-refractivity contribution in [3.8, 4) is 0 Å². The lowest BCUT2D eigenvalue weighted by molar-refractivity contribution is -0.151. The number of amides is 1. The summed E-state index contributed by atoms with van der Waals surface area (Å²) in [5.41, 5.74) is 3.08. The summed E-state index contributed by atoms with van der Waals surface area (Å²) in [4.78, 5) is 25.3. The highest BCUT2D eigenvalue weighted by atomic mass is 32.2. The summed E-state index contributed by atoms with van der Waals surface area (Å²) < 4.78 is 28.0. The Morgan fingerprint density at radius 2 is 1.96 bits per heavy atom. The first-order valence-corrected chi connectivity index (χ1v) is 9.68. The second kappa shape index (κ2) is 7.34. The Labute approximate surface area is 142 Å². The molecule has 1 amide bonds. The quantitative estimate of drug-likeness (QED) is 0.739. The van der Waals surface area contributed by atoms with E-state index in [-0.39, 0.29) is 36.5 Å². The minimum atomic E-state index is -3.06. The van der Waals surface area contributed by atoms with Gasteiger partial charge in [0, 0.05) is 13.1 Å². The first kappa shape index (κ1) is 18.4. The van der Waals surface area contributed by atoms with Crippen molar-refractivity contribution in [1.29, 1.82) is 0 Å². The van der Waals surface area contributed by atoms with Gasteiger partial charge in [-0.05, 0) is 37.0 Å². The van der Waals surface area contributed by atoms with Crippen LogP contribution in [0.1, 0.15) is 23.1 Å². The van der Waals surface area contributed by atoms with E-state index >= 15 is 0 Å². The van der Waals surface area contributed by atoms with Crippen molar-refractivity contribution in [3.63, 3.8) is 0 Å². The summed E-state index contributed by atoms with van der Waals surface area (Å²) in [7, 11) is -1.51. The monoisotopic (exact) mass is 353 g/mol. The maximum Gasteiger partial charge on any atom is 0.310 e. The van der Waals surface area contributed by atoms with Crippen LogP contribution in [0.15, 0.2) is 18.2 Å². The zero-order valence-electron chi connectivity index (χ0n) is 14.2. The number of ether oxygens (including phenoxy) is 1. The first-order chi connectivity index (χ1) is 11.2. The van der Waals surface area contributed by atoms with Gasteiger partial charge in [0.15, 0.2) is 16.4 Å². The number of hydrogen-bond donors (Lipinski definition) is 0. The molecular weight excluding hydrogens is 330 g/mol. The summed E-state index contributed by atoms with van der Waals surface area (Å²) in [6, 6.07) is 5.40. The summed E-state index contributed by atoms with van der Waals surface area (Å²) in [6.07, 6.45) is 0.539. The minimum absolute atomic E-state index is 0.0220. The van der Waals surface area contributed by atoms with E-state index in [9.17, 15) is 18.0 Å². The number of carbonyl (C=O) groups excluding carboxylic acids is 2. The third kappa shape index (κ3) is 4.80. The van der Waals surface area contributed by atoms with Gasteiger partial charge in [0.2, 0.25) is 0 Å². The summed E-state index contributed by atoms with van der Waals surface area (Å²) in [6.45, 7) is 3.60. The molecule has 0 N–H and O–H groups in total. The minimum Gasteiger partial charge on any atom is -0.455 e. The van der Waals surface area contributed by atoms with Gasteiger partial charge in [0.25, 0.3) is 5.91 Å². The van der Waals surface area contributed by atoms with Crippen LogP contribution in [0, 0.1) is 13.8 Å². The summed E-state index contributed by atoms with van der Waals surface area (Å²) in [5.74, 6) is -0.780. The van der Waals surface area contributed by atoms with Gasteiger partial charge in [-0.25, -0.2) is 8.42 Å². The highest BCUT2D eigenvalue weighted by Gasteiger charge is 2.32. The van der Waals surface area contributed by atoms with E-state index in [2.05, 4.69) is 0 Å². The third-order valence-electron chi connectivity index (χ3n) is 4.43. The van der Waals surface area contributed by atoms with Gasteiger partial charge in [-0.2, -0.15) is 0 Å². The van der Waals surface area contributed by atoms with E-state index in [1.807, 2.05) is 32.0 Å². The van der Waals surface area contributed by atoms with Crippen molar-refractivity contribution < 1.29 is 22.7 Å². The molecule has 0 radical (unpaired) electrons. The maximum atomic E-state index is 12.1. The number of carbonyl (C=O) groups is 2. The molecule has 1 aromatic rings. The van der Waals surface area contributed by atoms with Gasteiger partial charge in [-0.3, -0.25) is 9.59 Å². The van der Waals surface area contributed by atoms with Gasteiger partial charge >= 0.3 is 5.97 Å². The van der Waals surface area contributed by atoms with E-state index < -0.39 is 15.8 Å². The number of rotatable bonds is 5. The predicted octanol–water partition coefficient (Wildman–Crippen LogP) is 1.03. The molecule has 0 aromatic heterocycles. The Morgan fingerprint density at radius 1 is 1.25 bits per heavy atom. The summed E-state index contributed by atoms with van der Waals surface area (Å²) >= 11 is 0. The van der Waals surface area contributed by atoms with E-state index in [4.69, 9.17) is 4.74 Å². The highest BCUT2D eigenvalue weighted by molar-refractivity contribution is 7.91. The molecule has 1 fully saturated rings. The van der Waals surface area contributed by atoms with E-state index in [1.54, 1.807) is 7.05 Å². The van der Waals surface area contributed by atoms with Crippen LogP contribution < -0.4 is 0 Å². The number of benzene rings is 1. The molecule has 0 aliphatic carbocycles. The Morgan fingerprint density at radius 3 is 2.54 bits per heavy atom. The molecule has 1 atom stereocenters. The van der Waals surface area contributed by atoms with Crippen LogP contribution in [0.3, 0.4) is 0 Å². The number of sulfone groups is 1. The molecular formula is C17H23NO5S. The van der Waals surface area contributed by atoms with Crippen LogP contribution in [0.5, 0.6) is 0 Å². The number of aryl methyl sites for hydroxylation is 2. The Balaban J connectivity index is 1.82. The number of likely N-dealkylation sites (N-methyl/N-ethyl adjacent to an activating group) is 1. The fraction of sp³-hybridized carbons (Fsp3) is 0.529. The topological polar surface area (TPSA) is 80.8 Å². The Hall–Kier alpha value is -1.89. The van der Waals surface area contributed by atoms with Crippen LogP contribution in [0.2, 0.25) is 0 Å². The number of hydrogen-bond acceptors (Lipinski definition) is 5. The molecule has 1 aromatic carbocycles. The van der Waals surface area contributed by atoms with Gasteiger partial charge in [-0.1, -0.05) is 18.2 Å². The van der Waals surface area contributed by atoms with Crippen molar-refractivity contribution in [2.24, 2.45) is 0 Å². The van der Waals surface area contributed by atoms with Crippen molar-refractivity contribution in [2.75, 3.05) is 25.2 Å². The molecule has 1 heterocycles. The second-order valence-corrected chi connectivity index (χ2v) is 8.55. The van der Waals surface area contributed by atoms with Gasteiger partial charge in [-0.15, -0.1) is 0 Å². The number of nitrogens with zero attached hydrogens (tertiary/aromatic N) is 1. The van der Waals surface area contributed by atoms with E-state index in [0.29, 0.717) is 6.42 Å². The highest BCUT2D eigenvalue weighted by Crippen LogP contribution is 2.16. The molecule has 2 rings (SSSR count). The Bertz CT molecular complexity index is 741. The first-order valence-electron chi connectivity index (χ1n) is 7.86. The molecule has 7 heteroatoms. The lowest BCUT2D eigenvalue weighted by Crippen LogP contribution is -2.40. The Kier molecular flexibility index (Phi) is 5.64. The van der Waals surface area contributed by atoms with E-state index in [1.165, 1.54) is 4.90 Å². The smallest absolute Gasteiger partial charge is 0.310 e.